The van der Waals surface area contributed by atoms with Crippen molar-refractivity contribution in [2.45, 2.75) is 27.3 Å². The predicted molar refractivity (Wildman–Crippen MR) is 81.3 cm³/mol. The summed E-state index contributed by atoms with van der Waals surface area (Å²) in [5, 5.41) is 4.65. The maximum atomic E-state index is 4.65. The summed E-state index contributed by atoms with van der Waals surface area (Å²) in [6.45, 7) is 7.31. The highest BCUT2D eigenvalue weighted by Gasteiger charge is 2.07. The third kappa shape index (κ3) is 2.27. The number of benzene rings is 1. The Bertz CT molecular complexity index is 720. The summed E-state index contributed by atoms with van der Waals surface area (Å²) in [5.41, 5.74) is 6.19. The number of hydrogen-bond donors (Lipinski definition) is 0. The molecule has 0 saturated carbocycles. The molecule has 20 heavy (non-hydrogen) atoms. The molecule has 3 nitrogen and oxygen atoms in total. The van der Waals surface area contributed by atoms with E-state index >= 15 is 0 Å². The fourth-order valence-electron chi connectivity index (χ4n) is 2.44. The van der Waals surface area contributed by atoms with Gasteiger partial charge in [0.05, 0.1) is 17.9 Å². The molecule has 0 fully saturated rings. The molecule has 0 aliphatic heterocycles. The van der Waals surface area contributed by atoms with Crippen molar-refractivity contribution in [3.8, 4) is 5.69 Å². The van der Waals surface area contributed by atoms with E-state index < -0.39 is 0 Å². The van der Waals surface area contributed by atoms with Crippen molar-refractivity contribution < 1.29 is 0 Å². The van der Waals surface area contributed by atoms with E-state index in [1.54, 1.807) is 0 Å². The van der Waals surface area contributed by atoms with Gasteiger partial charge in [-0.3, -0.25) is 0 Å². The zero-order valence-corrected chi connectivity index (χ0v) is 12.2. The molecule has 0 amide bonds. The highest BCUT2D eigenvalue weighted by atomic mass is 15.3. The van der Waals surface area contributed by atoms with Crippen molar-refractivity contribution in [1.29, 1.82) is 0 Å². The summed E-state index contributed by atoms with van der Waals surface area (Å²) in [6, 6.07) is 12.3. The first-order valence-corrected chi connectivity index (χ1v) is 6.88. The molecule has 3 rings (SSSR count). The van der Waals surface area contributed by atoms with E-state index in [1.807, 2.05) is 29.1 Å². The minimum atomic E-state index is 0.820. The van der Waals surface area contributed by atoms with Gasteiger partial charge in [0.1, 0.15) is 0 Å². The topological polar surface area (TPSA) is 22.8 Å². The van der Waals surface area contributed by atoms with Crippen LogP contribution in [0.15, 0.2) is 48.8 Å². The van der Waals surface area contributed by atoms with Crippen molar-refractivity contribution >= 4 is 0 Å². The zero-order chi connectivity index (χ0) is 14.1. The Kier molecular flexibility index (Phi) is 3.18. The maximum absolute atomic E-state index is 4.65. The van der Waals surface area contributed by atoms with Crippen LogP contribution in [0.25, 0.3) is 5.69 Å². The van der Waals surface area contributed by atoms with E-state index in [1.165, 1.54) is 16.8 Å². The van der Waals surface area contributed by atoms with E-state index in [2.05, 4.69) is 54.8 Å². The number of aryl methyl sites for hydroxylation is 1. The third-order valence-electron chi connectivity index (χ3n) is 3.91. The van der Waals surface area contributed by atoms with Crippen LogP contribution in [0.3, 0.4) is 0 Å². The molecule has 0 aliphatic carbocycles. The summed E-state index contributed by atoms with van der Waals surface area (Å²) in [6.07, 6.45) is 4.22. The quantitative estimate of drug-likeness (QED) is 0.709. The van der Waals surface area contributed by atoms with Gasteiger partial charge in [-0.15, -0.1) is 0 Å². The molecular formula is C17H19N3. The van der Waals surface area contributed by atoms with Gasteiger partial charge in [-0.25, -0.2) is 4.68 Å². The molecule has 0 bridgehead atoms. The molecular weight excluding hydrogens is 246 g/mol. The van der Waals surface area contributed by atoms with Gasteiger partial charge < -0.3 is 4.57 Å². The summed E-state index contributed by atoms with van der Waals surface area (Å²) in [4.78, 5) is 0. The highest BCUT2D eigenvalue weighted by molar-refractivity contribution is 5.31. The number of para-hydroxylation sites is 1. The zero-order valence-electron chi connectivity index (χ0n) is 12.2. The van der Waals surface area contributed by atoms with E-state index in [9.17, 15) is 0 Å². The van der Waals surface area contributed by atoms with Crippen LogP contribution in [0.4, 0.5) is 0 Å². The van der Waals surface area contributed by atoms with Crippen LogP contribution in [-0.4, -0.2) is 14.3 Å². The molecule has 0 unspecified atom stereocenters. The van der Waals surface area contributed by atoms with Crippen molar-refractivity contribution in [1.82, 2.24) is 14.3 Å². The molecule has 2 heterocycles. The largest absolute Gasteiger partial charge is 0.345 e. The second-order valence-electron chi connectivity index (χ2n) is 5.24. The van der Waals surface area contributed by atoms with Crippen LogP contribution in [0.5, 0.6) is 0 Å². The second kappa shape index (κ2) is 5.00. The molecule has 0 radical (unpaired) electrons. The molecule has 0 spiro atoms. The normalized spacial score (nSPS) is 10.9. The highest BCUT2D eigenvalue weighted by Crippen LogP contribution is 2.16. The van der Waals surface area contributed by atoms with Crippen LogP contribution in [0.1, 0.15) is 22.5 Å². The van der Waals surface area contributed by atoms with E-state index in [0.717, 1.165) is 17.9 Å². The van der Waals surface area contributed by atoms with Gasteiger partial charge in [-0.2, -0.15) is 5.10 Å². The standard InChI is InChI=1S/C17H19N3/c1-13-11-19(15(3)14(13)2)12-16-9-10-20(18-16)17-7-5-4-6-8-17/h4-11H,12H2,1-3H3. The SMILES string of the molecule is Cc1cn(Cc2ccn(-c3ccccc3)n2)c(C)c1C. The molecule has 102 valence electrons. The first kappa shape index (κ1) is 12.7. The van der Waals surface area contributed by atoms with Crippen LogP contribution in [-0.2, 0) is 6.54 Å². The van der Waals surface area contributed by atoms with Gasteiger partial charge in [-0.05, 0) is 50.1 Å². The minimum Gasteiger partial charge on any atom is -0.345 e. The molecule has 0 atom stereocenters. The lowest BCUT2D eigenvalue weighted by molar-refractivity contribution is 0.729. The Balaban J connectivity index is 1.86. The predicted octanol–water partition coefficient (Wildman–Crippen LogP) is 3.65. The van der Waals surface area contributed by atoms with Crippen LogP contribution < -0.4 is 0 Å². The molecule has 2 aromatic heterocycles. The van der Waals surface area contributed by atoms with E-state index in [-0.39, 0.29) is 0 Å². The van der Waals surface area contributed by atoms with Crippen molar-refractivity contribution in [3.05, 3.63) is 71.3 Å². The minimum absolute atomic E-state index is 0.820. The second-order valence-corrected chi connectivity index (χ2v) is 5.24. The number of rotatable bonds is 3. The van der Waals surface area contributed by atoms with Crippen LogP contribution in [0.2, 0.25) is 0 Å². The molecule has 0 aliphatic rings. The van der Waals surface area contributed by atoms with Crippen LogP contribution >= 0.6 is 0 Å². The third-order valence-corrected chi connectivity index (χ3v) is 3.91. The van der Waals surface area contributed by atoms with E-state index in [4.69, 9.17) is 0 Å². The molecule has 0 saturated heterocycles. The number of hydrogen-bond acceptors (Lipinski definition) is 1. The Morgan fingerprint density at radius 3 is 2.40 bits per heavy atom. The van der Waals surface area contributed by atoms with Gasteiger partial charge in [-0.1, -0.05) is 18.2 Å². The lowest BCUT2D eigenvalue weighted by atomic mass is 10.2. The van der Waals surface area contributed by atoms with E-state index in [0.29, 0.717) is 0 Å². The summed E-state index contributed by atoms with van der Waals surface area (Å²) in [5.74, 6) is 0. The number of aromatic nitrogens is 3. The first-order chi connectivity index (χ1) is 9.65. The molecule has 0 N–H and O–H groups in total. The molecule has 1 aromatic carbocycles. The van der Waals surface area contributed by atoms with Crippen LogP contribution in [0, 0.1) is 20.8 Å². The monoisotopic (exact) mass is 265 g/mol. The average Bonchev–Trinajstić information content (AvgIpc) is 3.02. The van der Waals surface area contributed by atoms with Crippen molar-refractivity contribution in [2.75, 3.05) is 0 Å². The Hall–Kier alpha value is -2.29. The van der Waals surface area contributed by atoms with Gasteiger partial charge >= 0.3 is 0 Å². The summed E-state index contributed by atoms with van der Waals surface area (Å²) in [7, 11) is 0. The van der Waals surface area contributed by atoms with Gasteiger partial charge in [0, 0.05) is 18.1 Å². The smallest absolute Gasteiger partial charge is 0.0826 e. The lowest BCUT2D eigenvalue weighted by Gasteiger charge is -2.04. The van der Waals surface area contributed by atoms with Gasteiger partial charge in [0.25, 0.3) is 0 Å². The van der Waals surface area contributed by atoms with Crippen molar-refractivity contribution in [3.63, 3.8) is 0 Å². The van der Waals surface area contributed by atoms with Gasteiger partial charge in [0.15, 0.2) is 0 Å². The Morgan fingerprint density at radius 2 is 1.75 bits per heavy atom. The molecule has 3 heteroatoms. The maximum Gasteiger partial charge on any atom is 0.0826 e. The van der Waals surface area contributed by atoms with Crippen molar-refractivity contribution in [2.24, 2.45) is 0 Å². The fourth-order valence-corrected chi connectivity index (χ4v) is 2.44. The summed E-state index contributed by atoms with van der Waals surface area (Å²) >= 11 is 0. The lowest BCUT2D eigenvalue weighted by Crippen LogP contribution is -2.02. The first-order valence-electron chi connectivity index (χ1n) is 6.88. The van der Waals surface area contributed by atoms with Gasteiger partial charge in [0.2, 0.25) is 0 Å². The molecule has 3 aromatic rings. The summed E-state index contributed by atoms with van der Waals surface area (Å²) < 4.78 is 4.19. The fraction of sp³-hybridized carbons (Fsp3) is 0.235. The number of nitrogens with zero attached hydrogens (tertiary/aromatic N) is 3. The Morgan fingerprint density at radius 1 is 1.00 bits per heavy atom. The Labute approximate surface area is 119 Å². The average molecular weight is 265 g/mol.